The average Bonchev–Trinajstić information content (AvgIpc) is 3.27. The van der Waals surface area contributed by atoms with Crippen molar-refractivity contribution in [2.45, 2.75) is 6.92 Å². The maximum absolute atomic E-state index is 11.8. The van der Waals surface area contributed by atoms with Crippen molar-refractivity contribution in [2.75, 3.05) is 17.3 Å². The van der Waals surface area contributed by atoms with E-state index in [-0.39, 0.29) is 17.1 Å². The molecule has 0 saturated carbocycles. The molecule has 4 rings (SSSR count). The molecule has 160 valence electrons. The molecule has 0 aliphatic carbocycles. The van der Waals surface area contributed by atoms with Gasteiger partial charge in [-0.25, -0.2) is 14.4 Å². The number of aromatic nitrogens is 4. The highest BCUT2D eigenvalue weighted by molar-refractivity contribution is 5.90. The van der Waals surface area contributed by atoms with E-state index >= 15 is 0 Å². The number of anilines is 3. The molecule has 0 aliphatic heterocycles. The van der Waals surface area contributed by atoms with E-state index in [0.29, 0.717) is 29.2 Å². The Labute approximate surface area is 181 Å². The second-order valence-corrected chi connectivity index (χ2v) is 6.41. The van der Waals surface area contributed by atoms with Crippen LogP contribution < -0.4 is 10.7 Å². The van der Waals surface area contributed by atoms with Crippen LogP contribution in [0.1, 0.15) is 33.2 Å². The number of carbonyl (C=O) groups is 2. The van der Waals surface area contributed by atoms with Crippen molar-refractivity contribution in [3.05, 3.63) is 65.2 Å². The Hall–Kier alpha value is -4.67. The second-order valence-electron chi connectivity index (χ2n) is 6.41. The monoisotopic (exact) mass is 431 g/mol. The highest BCUT2D eigenvalue weighted by Crippen LogP contribution is 2.24. The predicted octanol–water partition coefficient (Wildman–Crippen LogP) is 3.19. The number of carbonyl (C=O) groups excluding carboxylic acids is 2. The van der Waals surface area contributed by atoms with Gasteiger partial charge in [-0.2, -0.15) is 10.1 Å². The molecule has 0 fully saturated rings. The quantitative estimate of drug-likeness (QED) is 0.185. The molecule has 11 nitrogen and oxygen atoms in total. The Morgan fingerprint density at radius 2 is 1.66 bits per heavy atom. The van der Waals surface area contributed by atoms with Crippen LogP contribution in [0.25, 0.3) is 11.3 Å². The summed E-state index contributed by atoms with van der Waals surface area (Å²) in [7, 11) is 0. The maximum Gasteiger partial charge on any atom is 0.338 e. The number of hydrazone groups is 1. The van der Waals surface area contributed by atoms with Crippen molar-refractivity contribution in [1.29, 1.82) is 0 Å². The minimum atomic E-state index is -0.396. The van der Waals surface area contributed by atoms with Gasteiger partial charge in [-0.1, -0.05) is 24.3 Å². The number of rotatable bonds is 8. The summed E-state index contributed by atoms with van der Waals surface area (Å²) >= 11 is 0. The van der Waals surface area contributed by atoms with E-state index in [1.807, 2.05) is 0 Å². The normalized spacial score (nSPS) is 10.9. The SMILES string of the molecule is CCOC(=O)c1ccc(Nc2nc3nonc3nc2N/N=C\c2ccc(C=O)cc2)cc1. The fourth-order valence-electron chi connectivity index (χ4n) is 2.67. The van der Waals surface area contributed by atoms with Gasteiger partial charge in [0.15, 0.2) is 11.6 Å². The summed E-state index contributed by atoms with van der Waals surface area (Å²) in [5, 5.41) is 14.7. The fourth-order valence-corrected chi connectivity index (χ4v) is 2.67. The molecule has 0 aliphatic rings. The molecule has 2 heterocycles. The third kappa shape index (κ3) is 4.73. The van der Waals surface area contributed by atoms with Gasteiger partial charge in [0.2, 0.25) is 11.3 Å². The molecule has 2 N–H and O–H groups in total. The zero-order chi connectivity index (χ0) is 22.3. The Balaban J connectivity index is 1.55. The molecule has 0 radical (unpaired) electrons. The minimum Gasteiger partial charge on any atom is -0.462 e. The van der Waals surface area contributed by atoms with Crippen molar-refractivity contribution >= 4 is 47.1 Å². The van der Waals surface area contributed by atoms with E-state index in [1.165, 1.54) is 0 Å². The summed E-state index contributed by atoms with van der Waals surface area (Å²) < 4.78 is 9.67. The van der Waals surface area contributed by atoms with E-state index in [1.54, 1.807) is 61.7 Å². The van der Waals surface area contributed by atoms with Gasteiger partial charge in [0.25, 0.3) is 0 Å². The largest absolute Gasteiger partial charge is 0.462 e. The van der Waals surface area contributed by atoms with Crippen molar-refractivity contribution in [3.8, 4) is 0 Å². The van der Waals surface area contributed by atoms with Gasteiger partial charge >= 0.3 is 5.97 Å². The van der Waals surface area contributed by atoms with Crippen LogP contribution in [0, 0.1) is 0 Å². The van der Waals surface area contributed by atoms with Crippen LogP contribution in [0.2, 0.25) is 0 Å². The third-order valence-corrected chi connectivity index (χ3v) is 4.23. The number of nitrogens with zero attached hydrogens (tertiary/aromatic N) is 5. The lowest BCUT2D eigenvalue weighted by Crippen LogP contribution is -2.05. The zero-order valence-corrected chi connectivity index (χ0v) is 16.8. The summed E-state index contributed by atoms with van der Waals surface area (Å²) in [6.45, 7) is 2.05. The summed E-state index contributed by atoms with van der Waals surface area (Å²) in [6.07, 6.45) is 2.34. The molecule has 2 aromatic heterocycles. The van der Waals surface area contributed by atoms with Crippen molar-refractivity contribution in [3.63, 3.8) is 0 Å². The highest BCUT2D eigenvalue weighted by Gasteiger charge is 2.13. The number of hydrogen-bond acceptors (Lipinski definition) is 11. The summed E-state index contributed by atoms with van der Waals surface area (Å²) in [6, 6.07) is 13.6. The number of ether oxygens (including phenoxy) is 1. The molecule has 2 aromatic carbocycles. The highest BCUT2D eigenvalue weighted by atomic mass is 16.6. The van der Waals surface area contributed by atoms with E-state index in [4.69, 9.17) is 4.74 Å². The molecule has 32 heavy (non-hydrogen) atoms. The second kappa shape index (κ2) is 9.43. The Morgan fingerprint density at radius 1 is 1.00 bits per heavy atom. The van der Waals surface area contributed by atoms with Gasteiger partial charge in [0.05, 0.1) is 18.4 Å². The van der Waals surface area contributed by atoms with Crippen LogP contribution in [0.5, 0.6) is 0 Å². The fraction of sp³-hybridized carbons (Fsp3) is 0.0952. The molecule has 0 saturated heterocycles. The first kappa shape index (κ1) is 20.6. The van der Waals surface area contributed by atoms with Crippen molar-refractivity contribution in [2.24, 2.45) is 5.10 Å². The van der Waals surface area contributed by atoms with Gasteiger partial charge in [0.1, 0.15) is 6.29 Å². The van der Waals surface area contributed by atoms with Crippen molar-refractivity contribution < 1.29 is 19.0 Å². The first-order valence-electron chi connectivity index (χ1n) is 9.55. The summed E-state index contributed by atoms with van der Waals surface area (Å²) in [5.41, 5.74) is 5.69. The first-order valence-corrected chi connectivity index (χ1v) is 9.55. The first-order chi connectivity index (χ1) is 15.7. The summed E-state index contributed by atoms with van der Waals surface area (Å²) in [4.78, 5) is 31.3. The standard InChI is InChI=1S/C21H17N7O4/c1-2-31-21(30)15-7-9-16(10-8-15)23-17-18(25-20-19(24-17)27-32-28-20)26-22-11-13-3-5-14(12-29)6-4-13/h3-12H,2H2,1H3,(H,23,24,27)(H,25,26,28)/b22-11-. The van der Waals surface area contributed by atoms with Crippen molar-refractivity contribution in [1.82, 2.24) is 20.3 Å². The molecule has 0 amide bonds. The van der Waals surface area contributed by atoms with E-state index in [9.17, 15) is 9.59 Å². The van der Waals surface area contributed by atoms with Gasteiger partial charge in [-0.05, 0) is 47.1 Å². The van der Waals surface area contributed by atoms with Gasteiger partial charge in [-0.15, -0.1) is 0 Å². The van der Waals surface area contributed by atoms with Crippen LogP contribution in [0.3, 0.4) is 0 Å². The van der Waals surface area contributed by atoms with Crippen LogP contribution >= 0.6 is 0 Å². The molecule has 0 atom stereocenters. The van der Waals surface area contributed by atoms with E-state index in [2.05, 4.69) is 40.8 Å². The van der Waals surface area contributed by atoms with E-state index in [0.717, 1.165) is 11.8 Å². The summed E-state index contributed by atoms with van der Waals surface area (Å²) in [5.74, 6) is 0.209. The predicted molar refractivity (Wildman–Crippen MR) is 116 cm³/mol. The van der Waals surface area contributed by atoms with Crippen LogP contribution in [0.15, 0.2) is 58.3 Å². The lowest BCUT2D eigenvalue weighted by Gasteiger charge is -2.10. The maximum atomic E-state index is 11.8. The number of hydrogen-bond donors (Lipinski definition) is 2. The number of fused-ring (bicyclic) bond motifs is 1. The van der Waals surface area contributed by atoms with Crippen LogP contribution in [0.4, 0.5) is 17.3 Å². The van der Waals surface area contributed by atoms with Gasteiger partial charge in [0, 0.05) is 11.3 Å². The smallest absolute Gasteiger partial charge is 0.338 e. The average molecular weight is 431 g/mol. The molecule has 0 unspecified atom stereocenters. The topological polar surface area (TPSA) is 144 Å². The molecule has 4 aromatic rings. The number of nitrogens with one attached hydrogen (secondary N) is 2. The number of aldehydes is 1. The van der Waals surface area contributed by atoms with Gasteiger partial charge in [-0.3, -0.25) is 10.2 Å². The van der Waals surface area contributed by atoms with E-state index < -0.39 is 5.97 Å². The number of benzene rings is 2. The zero-order valence-electron chi connectivity index (χ0n) is 16.8. The molecular weight excluding hydrogens is 414 g/mol. The Kier molecular flexibility index (Phi) is 6.07. The van der Waals surface area contributed by atoms with Crippen LogP contribution in [-0.4, -0.2) is 45.4 Å². The number of esters is 1. The Bertz CT molecular complexity index is 1270. The molecular formula is C21H17N7O4. The minimum absolute atomic E-state index is 0.209. The third-order valence-electron chi connectivity index (χ3n) is 4.23. The van der Waals surface area contributed by atoms with Crippen LogP contribution in [-0.2, 0) is 4.74 Å². The molecule has 0 bridgehead atoms. The van der Waals surface area contributed by atoms with Gasteiger partial charge < -0.3 is 10.1 Å². The molecule has 0 spiro atoms. The lowest BCUT2D eigenvalue weighted by molar-refractivity contribution is 0.0526. The molecule has 11 heteroatoms. The lowest BCUT2D eigenvalue weighted by atomic mass is 10.2. The Morgan fingerprint density at radius 3 is 2.31 bits per heavy atom.